The fourth-order valence-electron chi connectivity index (χ4n) is 1.93. The molecule has 0 aromatic carbocycles. The highest BCUT2D eigenvalue weighted by Gasteiger charge is 2.18. The summed E-state index contributed by atoms with van der Waals surface area (Å²) < 4.78 is 5.16. The molecule has 1 aromatic heterocycles. The molecule has 1 saturated heterocycles. The minimum absolute atomic E-state index is 0.390. The van der Waals surface area contributed by atoms with Crippen LogP contribution in [0.3, 0.4) is 0 Å². The lowest BCUT2D eigenvalue weighted by Crippen LogP contribution is -2.39. The number of aromatic nitrogens is 1. The van der Waals surface area contributed by atoms with Gasteiger partial charge >= 0.3 is 0 Å². The van der Waals surface area contributed by atoms with Crippen molar-refractivity contribution < 1.29 is 4.52 Å². The van der Waals surface area contributed by atoms with Crippen LogP contribution in [-0.4, -0.2) is 29.2 Å². The highest BCUT2D eigenvalue weighted by atomic mass is 16.5. The Morgan fingerprint density at radius 3 is 2.60 bits per heavy atom. The molecule has 84 valence electrons. The van der Waals surface area contributed by atoms with Gasteiger partial charge in [0.1, 0.15) is 11.5 Å². The summed E-state index contributed by atoms with van der Waals surface area (Å²) in [5.74, 6) is 0.929. The Labute approximate surface area is 90.4 Å². The lowest BCUT2D eigenvalue weighted by atomic mass is 10.1. The topological polar surface area (TPSA) is 55.3 Å². The van der Waals surface area contributed by atoms with Gasteiger partial charge < -0.3 is 10.3 Å². The maximum absolute atomic E-state index is 5.86. The van der Waals surface area contributed by atoms with Crippen LogP contribution in [0.1, 0.15) is 29.9 Å². The summed E-state index contributed by atoms with van der Waals surface area (Å²) in [6, 6.07) is 0.390. The maximum Gasteiger partial charge on any atom is 0.136 e. The fraction of sp³-hybridized carbons (Fsp3) is 0.727. The quantitative estimate of drug-likeness (QED) is 0.795. The zero-order chi connectivity index (χ0) is 10.8. The summed E-state index contributed by atoms with van der Waals surface area (Å²) in [5.41, 5.74) is 8.12. The summed E-state index contributed by atoms with van der Waals surface area (Å²) in [4.78, 5) is 2.40. The number of hydrogen-bond acceptors (Lipinski definition) is 4. The van der Waals surface area contributed by atoms with Crippen molar-refractivity contribution in [3.8, 4) is 0 Å². The molecule has 0 amide bonds. The summed E-state index contributed by atoms with van der Waals surface area (Å²) in [6.07, 6.45) is 2.19. The van der Waals surface area contributed by atoms with Crippen molar-refractivity contribution in [3.05, 3.63) is 17.0 Å². The molecule has 0 spiro atoms. The molecule has 2 rings (SSSR count). The van der Waals surface area contributed by atoms with E-state index in [9.17, 15) is 0 Å². The molecule has 1 aromatic rings. The second-order valence-electron chi connectivity index (χ2n) is 4.42. The van der Waals surface area contributed by atoms with E-state index >= 15 is 0 Å². The van der Waals surface area contributed by atoms with Crippen LogP contribution < -0.4 is 5.73 Å². The van der Waals surface area contributed by atoms with Crippen LogP contribution in [0.2, 0.25) is 0 Å². The molecule has 0 bridgehead atoms. The van der Waals surface area contributed by atoms with E-state index in [4.69, 9.17) is 10.3 Å². The molecule has 1 aliphatic heterocycles. The molecular weight excluding hydrogens is 190 g/mol. The smallest absolute Gasteiger partial charge is 0.136 e. The van der Waals surface area contributed by atoms with Gasteiger partial charge in [-0.2, -0.15) is 0 Å². The van der Waals surface area contributed by atoms with E-state index in [1.54, 1.807) is 0 Å². The van der Waals surface area contributed by atoms with Crippen LogP contribution in [0.15, 0.2) is 4.52 Å². The predicted molar refractivity (Wildman–Crippen MR) is 58.5 cm³/mol. The van der Waals surface area contributed by atoms with Gasteiger partial charge in [-0.25, -0.2) is 0 Å². The number of piperidine rings is 1. The number of likely N-dealkylation sites (tertiary alicyclic amines) is 1. The van der Waals surface area contributed by atoms with Crippen molar-refractivity contribution >= 4 is 0 Å². The molecule has 15 heavy (non-hydrogen) atoms. The zero-order valence-corrected chi connectivity index (χ0v) is 9.49. The van der Waals surface area contributed by atoms with Gasteiger partial charge in [-0.15, -0.1) is 0 Å². The zero-order valence-electron chi connectivity index (χ0n) is 9.49. The van der Waals surface area contributed by atoms with E-state index < -0.39 is 0 Å². The average molecular weight is 209 g/mol. The molecule has 1 aliphatic rings. The lowest BCUT2D eigenvalue weighted by molar-refractivity contribution is 0.200. The molecule has 4 nitrogen and oxygen atoms in total. The van der Waals surface area contributed by atoms with Gasteiger partial charge in [0.2, 0.25) is 0 Å². The van der Waals surface area contributed by atoms with Gasteiger partial charge in [-0.1, -0.05) is 5.16 Å². The van der Waals surface area contributed by atoms with Crippen molar-refractivity contribution in [2.75, 3.05) is 13.1 Å². The van der Waals surface area contributed by atoms with Crippen LogP contribution >= 0.6 is 0 Å². The minimum atomic E-state index is 0.390. The van der Waals surface area contributed by atoms with E-state index in [1.807, 2.05) is 6.92 Å². The van der Waals surface area contributed by atoms with Gasteiger partial charge in [0.25, 0.3) is 0 Å². The Hall–Kier alpha value is -0.870. The standard InChI is InChI=1S/C11H19N3O/c1-8-9(2)15-13-11(8)7-14-5-3-10(12)4-6-14/h10H,3-7,12H2,1-2H3. The molecule has 0 aliphatic carbocycles. The van der Waals surface area contributed by atoms with Gasteiger partial charge in [-0.3, -0.25) is 4.90 Å². The predicted octanol–water partition coefficient (Wildman–Crippen LogP) is 1.21. The molecule has 0 atom stereocenters. The van der Waals surface area contributed by atoms with E-state index in [2.05, 4.69) is 17.0 Å². The third kappa shape index (κ3) is 2.38. The molecule has 0 radical (unpaired) electrons. The van der Waals surface area contributed by atoms with Gasteiger partial charge in [0, 0.05) is 31.2 Å². The molecule has 2 heterocycles. The molecule has 2 N–H and O–H groups in total. The number of aryl methyl sites for hydroxylation is 1. The first-order valence-corrected chi connectivity index (χ1v) is 5.56. The van der Waals surface area contributed by atoms with Crippen molar-refractivity contribution in [1.29, 1.82) is 0 Å². The number of rotatable bonds is 2. The largest absolute Gasteiger partial charge is 0.361 e. The first-order valence-electron chi connectivity index (χ1n) is 5.56. The van der Waals surface area contributed by atoms with Crippen LogP contribution in [0.25, 0.3) is 0 Å². The fourth-order valence-corrected chi connectivity index (χ4v) is 1.93. The summed E-state index contributed by atoms with van der Waals surface area (Å²) in [7, 11) is 0. The molecule has 0 unspecified atom stereocenters. The Morgan fingerprint density at radius 2 is 2.07 bits per heavy atom. The van der Waals surface area contributed by atoms with E-state index in [0.29, 0.717) is 6.04 Å². The maximum atomic E-state index is 5.86. The van der Waals surface area contributed by atoms with Crippen LogP contribution in [-0.2, 0) is 6.54 Å². The van der Waals surface area contributed by atoms with E-state index in [-0.39, 0.29) is 0 Å². The summed E-state index contributed by atoms with van der Waals surface area (Å²) >= 11 is 0. The van der Waals surface area contributed by atoms with Crippen molar-refractivity contribution in [2.45, 2.75) is 39.3 Å². The minimum Gasteiger partial charge on any atom is -0.361 e. The van der Waals surface area contributed by atoms with Crippen LogP contribution in [0.5, 0.6) is 0 Å². The van der Waals surface area contributed by atoms with Gasteiger partial charge in [0.05, 0.1) is 0 Å². The molecule has 4 heteroatoms. The third-order valence-corrected chi connectivity index (χ3v) is 3.26. The molecule has 1 fully saturated rings. The number of hydrogen-bond donors (Lipinski definition) is 1. The highest BCUT2D eigenvalue weighted by Crippen LogP contribution is 2.16. The highest BCUT2D eigenvalue weighted by molar-refractivity contribution is 5.19. The lowest BCUT2D eigenvalue weighted by Gasteiger charge is -2.29. The Balaban J connectivity index is 1.94. The third-order valence-electron chi connectivity index (χ3n) is 3.26. The first kappa shape index (κ1) is 10.6. The SMILES string of the molecule is Cc1onc(CN2CCC(N)CC2)c1C. The number of nitrogens with two attached hydrogens (primary N) is 1. The van der Waals surface area contributed by atoms with Crippen LogP contribution in [0, 0.1) is 13.8 Å². The van der Waals surface area contributed by atoms with Gasteiger partial charge in [-0.05, 0) is 26.7 Å². The Bertz CT molecular complexity index is 327. The van der Waals surface area contributed by atoms with Gasteiger partial charge in [0.15, 0.2) is 0 Å². The Morgan fingerprint density at radius 1 is 1.40 bits per heavy atom. The van der Waals surface area contributed by atoms with Crippen molar-refractivity contribution in [2.24, 2.45) is 5.73 Å². The van der Waals surface area contributed by atoms with E-state index in [0.717, 1.165) is 43.9 Å². The first-order chi connectivity index (χ1) is 7.16. The summed E-state index contributed by atoms with van der Waals surface area (Å²) in [5, 5.41) is 4.08. The van der Waals surface area contributed by atoms with Crippen LogP contribution in [0.4, 0.5) is 0 Å². The number of nitrogens with zero attached hydrogens (tertiary/aromatic N) is 2. The second-order valence-corrected chi connectivity index (χ2v) is 4.42. The van der Waals surface area contributed by atoms with E-state index in [1.165, 1.54) is 5.56 Å². The summed E-state index contributed by atoms with van der Waals surface area (Å²) in [6.45, 7) is 7.07. The molecular formula is C11H19N3O. The second kappa shape index (κ2) is 4.33. The van der Waals surface area contributed by atoms with Crippen molar-refractivity contribution in [1.82, 2.24) is 10.1 Å². The van der Waals surface area contributed by atoms with Crippen molar-refractivity contribution in [3.63, 3.8) is 0 Å². The monoisotopic (exact) mass is 209 g/mol. The normalized spacial score (nSPS) is 19.7. The molecule has 0 saturated carbocycles. The Kier molecular flexibility index (Phi) is 3.07. The average Bonchev–Trinajstić information content (AvgIpc) is 2.53.